The summed E-state index contributed by atoms with van der Waals surface area (Å²) in [5.41, 5.74) is -0.0407. The quantitative estimate of drug-likeness (QED) is 0.0318. The molecule has 0 heterocycles. The maximum absolute atomic E-state index is 12.0. The Hall–Kier alpha value is -0.550. The van der Waals surface area contributed by atoms with Gasteiger partial charge >= 0.3 is 0 Å². The molecule has 11 atom stereocenters. The van der Waals surface area contributed by atoms with E-state index in [0.717, 1.165) is 90.0 Å². The summed E-state index contributed by atoms with van der Waals surface area (Å²) < 4.78 is 117. The van der Waals surface area contributed by atoms with Gasteiger partial charge in [0.15, 0.2) is 0 Å². The zero-order valence-corrected chi connectivity index (χ0v) is 42.3. The van der Waals surface area contributed by atoms with Crippen molar-refractivity contribution in [2.75, 3.05) is 77.2 Å². The lowest BCUT2D eigenvalue weighted by Gasteiger charge is -2.65. The first-order valence-electron chi connectivity index (χ1n) is 24.7. The van der Waals surface area contributed by atoms with Crippen LogP contribution in [-0.2, 0) is 44.6 Å². The number of rotatable bonds is 33. The molecule has 0 spiro atoms. The molecule has 4 fully saturated rings. The van der Waals surface area contributed by atoms with Crippen molar-refractivity contribution in [1.82, 2.24) is 20.9 Å². The smallest absolute Gasteiger partial charge is 0.278 e. The van der Waals surface area contributed by atoms with Crippen molar-refractivity contribution in [3.8, 4) is 0 Å². The van der Waals surface area contributed by atoms with E-state index in [1.165, 1.54) is 19.3 Å². The van der Waals surface area contributed by atoms with Crippen LogP contribution in [0, 0.1) is 46.3 Å². The minimum absolute atomic E-state index is 0.00705. The standard InChI is InChI=1S/C45H88N4O12S3/c1-6-7-8-9-10-11-24-49(34-64(56,57)58)25-12-16-35(2)38-17-18-39-43-40(31-42(45(38,39)4)61-28-13-21-46-5)44(3)20-19-37(59-26-14-22-47-32-62(50,51)52)29-36(44)30-41(43)60-27-15-23-48-33-63(53,54)55/h35-43,46-48H,6-34H2,1-5H3,(H,50,51,52)(H,53,54,55)(H,56,57,58)/t35-,36+,37-,38-,39+,40?,41-,42+,43?,44+,45-/m1/s1. The summed E-state index contributed by atoms with van der Waals surface area (Å²) in [6.45, 7) is 14.2. The Kier molecular flexibility index (Phi) is 23.1. The van der Waals surface area contributed by atoms with Gasteiger partial charge in [-0.25, -0.2) is 0 Å². The van der Waals surface area contributed by atoms with Gasteiger partial charge < -0.3 is 30.2 Å². The largest absolute Gasteiger partial charge is 0.378 e. The van der Waals surface area contributed by atoms with Crippen molar-refractivity contribution in [2.24, 2.45) is 46.3 Å². The molecule has 2 unspecified atom stereocenters. The van der Waals surface area contributed by atoms with Crippen molar-refractivity contribution in [1.29, 1.82) is 0 Å². The fourth-order valence-electron chi connectivity index (χ4n) is 12.8. The molecule has 4 rings (SSSR count). The lowest BCUT2D eigenvalue weighted by molar-refractivity contribution is -0.227. The average molecular weight is 973 g/mol. The first-order valence-corrected chi connectivity index (χ1v) is 29.5. The first-order chi connectivity index (χ1) is 30.2. The van der Waals surface area contributed by atoms with Gasteiger partial charge in [0.05, 0.1) is 18.3 Å². The van der Waals surface area contributed by atoms with Crippen molar-refractivity contribution in [2.45, 2.75) is 162 Å². The number of ether oxygens (including phenoxy) is 3. The molecule has 0 aromatic carbocycles. The monoisotopic (exact) mass is 973 g/mol. The van der Waals surface area contributed by atoms with Crippen molar-refractivity contribution < 1.29 is 53.1 Å². The molecular formula is C45H88N4O12S3. The molecular weight excluding hydrogens is 885 g/mol. The molecule has 4 aliphatic carbocycles. The molecule has 64 heavy (non-hydrogen) atoms. The zero-order valence-electron chi connectivity index (χ0n) is 39.9. The van der Waals surface area contributed by atoms with Crippen molar-refractivity contribution >= 4 is 30.4 Å². The van der Waals surface area contributed by atoms with E-state index in [4.69, 9.17) is 18.8 Å². The molecule has 4 saturated carbocycles. The Morgan fingerprint density at radius 2 is 1.30 bits per heavy atom. The van der Waals surface area contributed by atoms with Gasteiger partial charge in [-0.1, -0.05) is 59.8 Å². The molecule has 378 valence electrons. The molecule has 0 saturated heterocycles. The predicted molar refractivity (Wildman–Crippen MR) is 252 cm³/mol. The van der Waals surface area contributed by atoms with Crippen LogP contribution in [0.5, 0.6) is 0 Å². The zero-order chi connectivity index (χ0) is 47.0. The second-order valence-electron chi connectivity index (χ2n) is 20.4. The van der Waals surface area contributed by atoms with Crippen LogP contribution in [0.3, 0.4) is 0 Å². The molecule has 19 heteroatoms. The van der Waals surface area contributed by atoms with Crippen molar-refractivity contribution in [3.05, 3.63) is 0 Å². The Bertz CT molecular complexity index is 1690. The highest BCUT2D eigenvalue weighted by Crippen LogP contribution is 2.69. The molecule has 0 radical (unpaired) electrons. The summed E-state index contributed by atoms with van der Waals surface area (Å²) in [6, 6.07) is 0. The summed E-state index contributed by atoms with van der Waals surface area (Å²) >= 11 is 0. The van der Waals surface area contributed by atoms with Gasteiger partial charge in [-0.05, 0) is 164 Å². The average Bonchev–Trinajstić information content (AvgIpc) is 3.57. The van der Waals surface area contributed by atoms with Crippen molar-refractivity contribution in [3.63, 3.8) is 0 Å². The van der Waals surface area contributed by atoms with Gasteiger partial charge in [0, 0.05) is 25.2 Å². The maximum atomic E-state index is 12.0. The molecule has 0 aromatic rings. The summed E-state index contributed by atoms with van der Waals surface area (Å²) in [5, 5.41) is 8.85. The van der Waals surface area contributed by atoms with E-state index in [-0.39, 0.29) is 35.0 Å². The minimum atomic E-state index is -4.13. The van der Waals surface area contributed by atoms with E-state index in [9.17, 15) is 34.4 Å². The van der Waals surface area contributed by atoms with Gasteiger partial charge in [-0.15, -0.1) is 0 Å². The Morgan fingerprint density at radius 1 is 0.688 bits per heavy atom. The highest BCUT2D eigenvalue weighted by molar-refractivity contribution is 7.86. The number of hydrogen-bond acceptors (Lipinski definition) is 13. The third-order valence-corrected chi connectivity index (χ3v) is 17.7. The van der Waals surface area contributed by atoms with Gasteiger partial charge in [-0.2, -0.15) is 25.3 Å². The topological polar surface area (TPSA) is 230 Å². The first kappa shape index (κ1) is 56.0. The fraction of sp³-hybridized carbons (Fsp3) is 1.00. The second-order valence-corrected chi connectivity index (χ2v) is 24.7. The van der Waals surface area contributed by atoms with Crippen LogP contribution in [0.15, 0.2) is 0 Å². The molecule has 4 aliphatic rings. The predicted octanol–water partition coefficient (Wildman–Crippen LogP) is 6.20. The Morgan fingerprint density at radius 3 is 1.94 bits per heavy atom. The van der Waals surface area contributed by atoms with Crippen LogP contribution in [0.1, 0.15) is 143 Å². The maximum Gasteiger partial charge on any atom is 0.278 e. The number of nitrogens with one attached hydrogen (secondary N) is 3. The number of hydrogen-bond donors (Lipinski definition) is 6. The van der Waals surface area contributed by atoms with E-state index < -0.39 is 42.1 Å². The molecule has 0 aromatic heterocycles. The SMILES string of the molecule is CCCCCCCCN(CCC[C@@H](C)[C@H]1CC[C@H]2C3C(C[C@H](OCCCNC)[C@]12C)[C@@]1(C)CC[C@@H](OCCCNCS(=O)(=O)O)C[C@H]1C[C@H]3OCCCNCS(=O)(=O)O)CS(=O)(=O)O. The normalized spacial score (nSPS) is 31.5. The van der Waals surface area contributed by atoms with E-state index in [1.54, 1.807) is 0 Å². The van der Waals surface area contributed by atoms with Gasteiger partial charge in [0.25, 0.3) is 30.4 Å². The Labute approximate surface area is 387 Å². The summed E-state index contributed by atoms with van der Waals surface area (Å²) in [4.78, 5) is 1.92. The van der Waals surface area contributed by atoms with Crippen LogP contribution in [0.2, 0.25) is 0 Å². The van der Waals surface area contributed by atoms with E-state index >= 15 is 0 Å². The lowest BCUT2D eigenvalue weighted by Crippen LogP contribution is -2.63. The van der Waals surface area contributed by atoms with Gasteiger partial charge in [-0.3, -0.25) is 18.6 Å². The van der Waals surface area contributed by atoms with Crippen LogP contribution in [0.25, 0.3) is 0 Å². The third-order valence-electron chi connectivity index (χ3n) is 15.9. The summed E-state index contributed by atoms with van der Waals surface area (Å²) in [6.07, 6.45) is 17.8. The highest BCUT2D eigenvalue weighted by Gasteiger charge is 2.66. The lowest BCUT2D eigenvalue weighted by atomic mass is 9.43. The molecule has 6 N–H and O–H groups in total. The second kappa shape index (κ2) is 26.4. The van der Waals surface area contributed by atoms with Gasteiger partial charge in [0.2, 0.25) is 0 Å². The van der Waals surface area contributed by atoms with E-state index in [1.807, 2.05) is 11.9 Å². The summed E-state index contributed by atoms with van der Waals surface area (Å²) in [5.74, 6) is 0.925. The molecule has 0 aliphatic heterocycles. The molecule has 0 bridgehead atoms. The number of nitrogens with zero attached hydrogens (tertiary/aromatic N) is 1. The summed E-state index contributed by atoms with van der Waals surface area (Å²) in [7, 11) is -10.3. The Balaban J connectivity index is 1.52. The molecule has 0 amide bonds. The number of fused-ring (bicyclic) bond motifs is 5. The van der Waals surface area contributed by atoms with Crippen LogP contribution in [0.4, 0.5) is 0 Å². The third kappa shape index (κ3) is 17.4. The minimum Gasteiger partial charge on any atom is -0.378 e. The van der Waals surface area contributed by atoms with Crippen LogP contribution >= 0.6 is 0 Å². The number of unbranched alkanes of at least 4 members (excludes halogenated alkanes) is 5. The van der Waals surface area contributed by atoms with Crippen LogP contribution < -0.4 is 16.0 Å². The van der Waals surface area contributed by atoms with E-state index in [0.29, 0.717) is 94.3 Å². The van der Waals surface area contributed by atoms with Crippen LogP contribution in [-0.4, -0.2) is 139 Å². The van der Waals surface area contributed by atoms with Gasteiger partial charge in [0.1, 0.15) is 17.6 Å². The van der Waals surface area contributed by atoms with E-state index in [2.05, 4.69) is 43.6 Å². The molecule has 16 nitrogen and oxygen atoms in total. The highest BCUT2D eigenvalue weighted by atomic mass is 32.2. The fourth-order valence-corrected chi connectivity index (χ4v) is 14.3.